The van der Waals surface area contributed by atoms with Gasteiger partial charge in [0.05, 0.1) is 10.6 Å². The normalized spacial score (nSPS) is 16.5. The Kier molecular flexibility index (Phi) is 5.63. The number of anilines is 1. The van der Waals surface area contributed by atoms with E-state index in [0.717, 1.165) is 28.8 Å². The molecule has 1 atom stereocenters. The number of hydrogen-bond acceptors (Lipinski definition) is 7. The molecule has 2 aromatic carbocycles. The molecule has 1 saturated heterocycles. The molecule has 0 aliphatic carbocycles. The molecule has 2 aromatic rings. The third kappa shape index (κ3) is 4.19. The van der Waals surface area contributed by atoms with E-state index in [1.807, 2.05) is 0 Å². The number of benzene rings is 2. The molecule has 2 N–H and O–H groups in total. The number of nitrogens with one attached hydrogen (secondary N) is 2. The molecule has 30 heavy (non-hydrogen) atoms. The predicted molar refractivity (Wildman–Crippen MR) is 105 cm³/mol. The quantitative estimate of drug-likeness (QED) is 0.331. The zero-order chi connectivity index (χ0) is 21.8. The molecule has 11 nitrogen and oxygen atoms in total. The van der Waals surface area contributed by atoms with Crippen LogP contribution in [0.25, 0.3) is 0 Å². The molecule has 0 radical (unpaired) electrons. The van der Waals surface area contributed by atoms with Gasteiger partial charge < -0.3 is 0 Å². The number of nitrogens with zero attached hydrogens (tertiary/aromatic N) is 3. The molecule has 0 aromatic heterocycles. The van der Waals surface area contributed by atoms with Crippen LogP contribution in [-0.4, -0.2) is 34.9 Å². The minimum atomic E-state index is -1.43. The van der Waals surface area contributed by atoms with Gasteiger partial charge in [0.15, 0.2) is 5.92 Å². The van der Waals surface area contributed by atoms with Crippen molar-refractivity contribution in [2.75, 3.05) is 4.90 Å². The van der Waals surface area contributed by atoms with E-state index in [2.05, 4.69) is 15.8 Å². The van der Waals surface area contributed by atoms with Crippen LogP contribution in [0.1, 0.15) is 15.9 Å². The summed E-state index contributed by atoms with van der Waals surface area (Å²) in [7, 11) is 0. The summed E-state index contributed by atoms with van der Waals surface area (Å²) in [6.45, 7) is 1.79. The van der Waals surface area contributed by atoms with E-state index in [1.54, 1.807) is 31.2 Å². The van der Waals surface area contributed by atoms with Crippen molar-refractivity contribution in [3.8, 4) is 0 Å². The highest BCUT2D eigenvalue weighted by Gasteiger charge is 2.40. The Hall–Kier alpha value is -4.41. The lowest BCUT2D eigenvalue weighted by Crippen LogP contribution is -2.58. The highest BCUT2D eigenvalue weighted by molar-refractivity contribution is 6.32. The van der Waals surface area contributed by atoms with Crippen LogP contribution < -0.4 is 15.6 Å². The first-order valence-corrected chi connectivity index (χ1v) is 8.61. The maximum Gasteiger partial charge on any atom is 0.335 e. The minimum absolute atomic E-state index is 0.0914. The van der Waals surface area contributed by atoms with Gasteiger partial charge in [-0.2, -0.15) is 5.10 Å². The number of non-ortho nitro benzene ring substituents is 1. The van der Waals surface area contributed by atoms with Gasteiger partial charge in [0.25, 0.3) is 17.5 Å². The maximum atomic E-state index is 12.7. The number of carbonyl (C=O) groups excluding carboxylic acids is 4. The summed E-state index contributed by atoms with van der Waals surface area (Å²) in [5, 5.41) is 16.3. The summed E-state index contributed by atoms with van der Waals surface area (Å²) >= 11 is 0. The number of aryl methyl sites for hydroxylation is 1. The molecule has 1 fully saturated rings. The van der Waals surface area contributed by atoms with Crippen molar-refractivity contribution < 1.29 is 24.1 Å². The van der Waals surface area contributed by atoms with Crippen LogP contribution in [0, 0.1) is 23.0 Å². The summed E-state index contributed by atoms with van der Waals surface area (Å²) in [5.41, 5.74) is 3.15. The van der Waals surface area contributed by atoms with Gasteiger partial charge in [-0.15, -0.1) is 0 Å². The second-order valence-electron chi connectivity index (χ2n) is 6.31. The van der Waals surface area contributed by atoms with Crippen molar-refractivity contribution in [1.82, 2.24) is 10.7 Å². The van der Waals surface area contributed by atoms with Gasteiger partial charge in [-0.05, 0) is 36.8 Å². The molecule has 3 rings (SSSR count). The standard InChI is InChI=1S/C19H15N5O6/c1-11-3-2-4-14(9-11)23-18(27)15(17(26)21-19(23)28)10-20-22-16(25)12-5-7-13(8-6-12)24(29)30/h2-10,15H,1H3,(H,22,25)(H,21,26,28)/b20-10-/t15-/m0/s1. The molecule has 0 bridgehead atoms. The van der Waals surface area contributed by atoms with E-state index in [1.165, 1.54) is 12.1 Å². The largest absolute Gasteiger partial charge is 0.335 e. The fourth-order valence-electron chi connectivity index (χ4n) is 2.70. The molecule has 152 valence electrons. The average molecular weight is 409 g/mol. The number of nitro benzene ring substituents is 1. The van der Waals surface area contributed by atoms with E-state index in [9.17, 15) is 29.3 Å². The van der Waals surface area contributed by atoms with Crippen LogP contribution in [0.15, 0.2) is 53.6 Å². The molecule has 0 unspecified atom stereocenters. The van der Waals surface area contributed by atoms with Crippen molar-refractivity contribution in [3.63, 3.8) is 0 Å². The highest BCUT2D eigenvalue weighted by Crippen LogP contribution is 2.21. The van der Waals surface area contributed by atoms with E-state index in [0.29, 0.717) is 5.69 Å². The zero-order valence-corrected chi connectivity index (χ0v) is 15.6. The van der Waals surface area contributed by atoms with Crippen molar-refractivity contribution in [1.29, 1.82) is 0 Å². The Bertz CT molecular complexity index is 1080. The molecule has 0 saturated carbocycles. The Morgan fingerprint density at radius 3 is 2.53 bits per heavy atom. The van der Waals surface area contributed by atoms with Crippen LogP contribution >= 0.6 is 0 Å². The first-order valence-electron chi connectivity index (χ1n) is 8.61. The number of nitro groups is 1. The van der Waals surface area contributed by atoms with Crippen molar-refractivity contribution in [3.05, 3.63) is 69.8 Å². The van der Waals surface area contributed by atoms with E-state index in [-0.39, 0.29) is 11.3 Å². The molecule has 11 heteroatoms. The number of amides is 5. The van der Waals surface area contributed by atoms with Gasteiger partial charge in [-0.25, -0.2) is 15.1 Å². The number of carbonyl (C=O) groups is 4. The van der Waals surface area contributed by atoms with Gasteiger partial charge in [0, 0.05) is 23.9 Å². The van der Waals surface area contributed by atoms with Gasteiger partial charge in [-0.3, -0.25) is 29.8 Å². The van der Waals surface area contributed by atoms with Crippen LogP contribution in [-0.2, 0) is 9.59 Å². The molecule has 1 aliphatic heterocycles. The molecule has 1 aliphatic rings. The summed E-state index contributed by atoms with van der Waals surface area (Å²) in [6.07, 6.45) is 0.913. The summed E-state index contributed by atoms with van der Waals surface area (Å²) < 4.78 is 0. The van der Waals surface area contributed by atoms with Gasteiger partial charge in [0.1, 0.15) is 0 Å². The molecule has 5 amide bonds. The monoisotopic (exact) mass is 409 g/mol. The number of hydrogen-bond donors (Lipinski definition) is 2. The first-order chi connectivity index (χ1) is 14.3. The highest BCUT2D eigenvalue weighted by atomic mass is 16.6. The van der Waals surface area contributed by atoms with Crippen molar-refractivity contribution in [2.45, 2.75) is 6.92 Å². The van der Waals surface area contributed by atoms with Crippen molar-refractivity contribution >= 4 is 41.3 Å². The lowest BCUT2D eigenvalue weighted by Gasteiger charge is -2.28. The Morgan fingerprint density at radius 2 is 1.90 bits per heavy atom. The third-order valence-electron chi connectivity index (χ3n) is 4.19. The van der Waals surface area contributed by atoms with Crippen molar-refractivity contribution in [2.24, 2.45) is 11.0 Å². The predicted octanol–water partition coefficient (Wildman–Crippen LogP) is 1.52. The van der Waals surface area contributed by atoms with Crippen LogP contribution in [0.4, 0.5) is 16.2 Å². The fraction of sp³-hybridized carbons (Fsp3) is 0.105. The topological polar surface area (TPSA) is 151 Å². The van der Waals surface area contributed by atoms with Crippen LogP contribution in [0.3, 0.4) is 0 Å². The SMILES string of the molecule is Cc1cccc(N2C(=O)NC(=O)[C@H](/C=N\NC(=O)c3ccc([N+](=O)[O-])cc3)C2=O)c1. The van der Waals surface area contributed by atoms with E-state index >= 15 is 0 Å². The zero-order valence-electron chi connectivity index (χ0n) is 15.6. The smallest absolute Gasteiger partial charge is 0.276 e. The molecule has 1 heterocycles. The molecular formula is C19H15N5O6. The average Bonchev–Trinajstić information content (AvgIpc) is 2.70. The Labute approximate surface area is 169 Å². The maximum absolute atomic E-state index is 12.7. The number of rotatable bonds is 5. The van der Waals surface area contributed by atoms with Crippen LogP contribution in [0.5, 0.6) is 0 Å². The van der Waals surface area contributed by atoms with Crippen LogP contribution in [0.2, 0.25) is 0 Å². The number of barbiturate groups is 1. The van der Waals surface area contributed by atoms with Gasteiger partial charge in [-0.1, -0.05) is 12.1 Å². The number of hydrazone groups is 1. The summed E-state index contributed by atoms with van der Waals surface area (Å²) in [6, 6.07) is 10.5. The lowest BCUT2D eigenvalue weighted by atomic mass is 10.1. The number of urea groups is 1. The second-order valence-corrected chi connectivity index (χ2v) is 6.31. The Morgan fingerprint density at radius 1 is 1.20 bits per heavy atom. The van der Waals surface area contributed by atoms with E-state index in [4.69, 9.17) is 0 Å². The summed E-state index contributed by atoms with van der Waals surface area (Å²) in [5.74, 6) is -3.82. The second kappa shape index (κ2) is 8.31. The van der Waals surface area contributed by atoms with Gasteiger partial charge in [0.2, 0.25) is 5.91 Å². The lowest BCUT2D eigenvalue weighted by molar-refractivity contribution is -0.384. The minimum Gasteiger partial charge on any atom is -0.276 e. The molecular weight excluding hydrogens is 394 g/mol. The summed E-state index contributed by atoms with van der Waals surface area (Å²) in [4.78, 5) is 59.8. The molecule has 0 spiro atoms. The third-order valence-corrected chi connectivity index (χ3v) is 4.19. The fourth-order valence-corrected chi connectivity index (χ4v) is 2.70. The van der Waals surface area contributed by atoms with E-state index < -0.39 is 34.6 Å². The number of imide groups is 2. The first kappa shape index (κ1) is 20.3. The van der Waals surface area contributed by atoms with Gasteiger partial charge >= 0.3 is 6.03 Å². The Balaban J connectivity index is 1.72.